The summed E-state index contributed by atoms with van der Waals surface area (Å²) in [6.07, 6.45) is 1.89. The van der Waals surface area contributed by atoms with E-state index in [9.17, 15) is 4.79 Å². The van der Waals surface area contributed by atoms with Gasteiger partial charge >= 0.3 is 0 Å². The molecule has 6 nitrogen and oxygen atoms in total. The van der Waals surface area contributed by atoms with E-state index in [0.717, 1.165) is 29.9 Å². The van der Waals surface area contributed by atoms with Crippen molar-refractivity contribution in [3.63, 3.8) is 0 Å². The van der Waals surface area contributed by atoms with Gasteiger partial charge in [-0.1, -0.05) is 24.9 Å². The van der Waals surface area contributed by atoms with Crippen molar-refractivity contribution in [3.05, 3.63) is 33.9 Å². The molecule has 2 aromatic rings. The van der Waals surface area contributed by atoms with Crippen LogP contribution in [0.1, 0.15) is 40.9 Å². The summed E-state index contributed by atoms with van der Waals surface area (Å²) in [5.74, 6) is -0.120. The molecule has 0 aliphatic rings. The summed E-state index contributed by atoms with van der Waals surface area (Å²) in [6, 6.07) is 1.85. The second-order valence-corrected chi connectivity index (χ2v) is 5.74. The Morgan fingerprint density at radius 1 is 1.36 bits per heavy atom. The lowest BCUT2D eigenvalue weighted by Gasteiger charge is -2.07. The van der Waals surface area contributed by atoms with Crippen LogP contribution in [0.3, 0.4) is 0 Å². The smallest absolute Gasteiger partial charge is 0.269 e. The first-order valence-electron chi connectivity index (χ1n) is 7.44. The first-order chi connectivity index (χ1) is 10.4. The highest BCUT2D eigenvalue weighted by Gasteiger charge is 2.13. The van der Waals surface area contributed by atoms with Gasteiger partial charge in [0.25, 0.3) is 5.91 Å². The topological polar surface area (TPSA) is 64.7 Å². The van der Waals surface area contributed by atoms with E-state index in [0.29, 0.717) is 23.8 Å². The van der Waals surface area contributed by atoms with Crippen molar-refractivity contribution >= 4 is 17.5 Å². The van der Waals surface area contributed by atoms with Crippen molar-refractivity contribution in [2.45, 2.75) is 40.2 Å². The molecule has 2 aromatic heterocycles. The summed E-state index contributed by atoms with van der Waals surface area (Å²) in [5, 5.41) is 12.3. The van der Waals surface area contributed by atoms with Gasteiger partial charge in [0.1, 0.15) is 5.69 Å². The predicted molar refractivity (Wildman–Crippen MR) is 86.2 cm³/mol. The summed E-state index contributed by atoms with van der Waals surface area (Å²) < 4.78 is 3.43. The molecule has 0 fully saturated rings. The van der Waals surface area contributed by atoms with Crippen LogP contribution in [-0.2, 0) is 20.0 Å². The van der Waals surface area contributed by atoms with Crippen molar-refractivity contribution < 1.29 is 4.79 Å². The van der Waals surface area contributed by atoms with Crippen LogP contribution in [0, 0.1) is 13.8 Å². The molecule has 0 atom stereocenters. The third-order valence-corrected chi connectivity index (χ3v) is 4.12. The van der Waals surface area contributed by atoms with Gasteiger partial charge in [0.05, 0.1) is 28.6 Å². The summed E-state index contributed by atoms with van der Waals surface area (Å²) >= 11 is 6.11. The highest BCUT2D eigenvalue weighted by molar-refractivity contribution is 6.31. The molecule has 2 rings (SSSR count). The molecule has 0 saturated carbocycles. The van der Waals surface area contributed by atoms with Crippen LogP contribution >= 0.6 is 11.6 Å². The zero-order valence-corrected chi connectivity index (χ0v) is 14.2. The molecule has 0 aliphatic heterocycles. The fourth-order valence-corrected chi connectivity index (χ4v) is 2.51. The number of nitrogens with one attached hydrogen (secondary N) is 1. The molecule has 0 radical (unpaired) electrons. The third-order valence-electron chi connectivity index (χ3n) is 3.57. The van der Waals surface area contributed by atoms with Crippen molar-refractivity contribution in [2.75, 3.05) is 6.54 Å². The lowest BCUT2D eigenvalue weighted by Crippen LogP contribution is -2.29. The van der Waals surface area contributed by atoms with E-state index in [-0.39, 0.29) is 5.91 Å². The Morgan fingerprint density at radius 2 is 2.09 bits per heavy atom. The Hall–Kier alpha value is -1.82. The van der Waals surface area contributed by atoms with Gasteiger partial charge in [-0.05, 0) is 26.3 Å². The minimum absolute atomic E-state index is 0.120. The van der Waals surface area contributed by atoms with Gasteiger partial charge in [-0.25, -0.2) is 0 Å². The average Bonchev–Trinajstić information content (AvgIpc) is 2.95. The lowest BCUT2D eigenvalue weighted by atomic mass is 10.2. The van der Waals surface area contributed by atoms with Gasteiger partial charge in [0.2, 0.25) is 0 Å². The molecule has 0 aromatic carbocycles. The number of hydrogen-bond donors (Lipinski definition) is 1. The molecule has 0 aliphatic carbocycles. The monoisotopic (exact) mass is 323 g/mol. The number of carbonyl (C=O) groups excluding carboxylic acids is 1. The van der Waals surface area contributed by atoms with Gasteiger partial charge in [-0.15, -0.1) is 0 Å². The van der Waals surface area contributed by atoms with Crippen LogP contribution in [0.2, 0.25) is 5.02 Å². The van der Waals surface area contributed by atoms with E-state index in [2.05, 4.69) is 22.4 Å². The van der Waals surface area contributed by atoms with E-state index in [1.165, 1.54) is 0 Å². The zero-order chi connectivity index (χ0) is 16.3. The van der Waals surface area contributed by atoms with Crippen LogP contribution in [0.15, 0.2) is 6.07 Å². The minimum atomic E-state index is -0.120. The van der Waals surface area contributed by atoms with Gasteiger partial charge in [-0.3, -0.25) is 14.2 Å². The number of carbonyl (C=O) groups is 1. The normalized spacial score (nSPS) is 11.0. The Kier molecular flexibility index (Phi) is 5.24. The fraction of sp³-hybridized carbons (Fsp3) is 0.533. The number of hydrogen-bond acceptors (Lipinski definition) is 3. The van der Waals surface area contributed by atoms with Crippen LogP contribution < -0.4 is 5.32 Å². The Labute approximate surface area is 135 Å². The van der Waals surface area contributed by atoms with Crippen molar-refractivity contribution in [1.29, 1.82) is 0 Å². The molecule has 0 unspecified atom stereocenters. The van der Waals surface area contributed by atoms with Crippen molar-refractivity contribution in [1.82, 2.24) is 24.9 Å². The maximum Gasteiger partial charge on any atom is 0.269 e. The van der Waals surface area contributed by atoms with E-state index in [4.69, 9.17) is 11.6 Å². The molecule has 22 heavy (non-hydrogen) atoms. The predicted octanol–water partition coefficient (Wildman–Crippen LogP) is 2.27. The van der Waals surface area contributed by atoms with Crippen LogP contribution in [-0.4, -0.2) is 32.0 Å². The maximum absolute atomic E-state index is 12.2. The SMILES string of the molecule is CCCc1cc(C(=O)NCCn2nc(C)c(Cl)c2C)n(C)n1. The van der Waals surface area contributed by atoms with E-state index in [1.807, 2.05) is 24.6 Å². The molecule has 2 heterocycles. The number of amides is 1. The molecule has 1 amide bonds. The average molecular weight is 324 g/mol. The lowest BCUT2D eigenvalue weighted by molar-refractivity contribution is 0.0942. The molecule has 7 heteroatoms. The van der Waals surface area contributed by atoms with Crippen molar-refractivity contribution in [2.24, 2.45) is 7.05 Å². The standard InChI is InChI=1S/C15H22ClN5O/c1-5-6-12-9-13(20(4)19-12)15(22)17-7-8-21-11(3)14(16)10(2)18-21/h9H,5-8H2,1-4H3,(H,17,22). The molecular formula is C15H22ClN5O. The fourth-order valence-electron chi connectivity index (χ4n) is 2.38. The number of aryl methyl sites for hydroxylation is 3. The van der Waals surface area contributed by atoms with Gasteiger partial charge in [0, 0.05) is 13.6 Å². The molecule has 0 saturated heterocycles. The third kappa shape index (κ3) is 3.50. The summed E-state index contributed by atoms with van der Waals surface area (Å²) in [5.41, 5.74) is 3.25. The summed E-state index contributed by atoms with van der Waals surface area (Å²) in [7, 11) is 1.79. The van der Waals surface area contributed by atoms with E-state index >= 15 is 0 Å². The van der Waals surface area contributed by atoms with E-state index in [1.54, 1.807) is 11.7 Å². The Balaban J connectivity index is 1.94. The summed E-state index contributed by atoms with van der Waals surface area (Å²) in [4.78, 5) is 12.2. The number of aromatic nitrogens is 4. The number of nitrogens with zero attached hydrogens (tertiary/aromatic N) is 4. The minimum Gasteiger partial charge on any atom is -0.349 e. The molecular weight excluding hydrogens is 302 g/mol. The maximum atomic E-state index is 12.2. The highest BCUT2D eigenvalue weighted by Crippen LogP contribution is 2.18. The molecule has 120 valence electrons. The number of halogens is 1. The highest BCUT2D eigenvalue weighted by atomic mass is 35.5. The van der Waals surface area contributed by atoms with Gasteiger partial charge < -0.3 is 5.32 Å². The number of rotatable bonds is 6. The van der Waals surface area contributed by atoms with Crippen LogP contribution in [0.4, 0.5) is 0 Å². The van der Waals surface area contributed by atoms with Crippen LogP contribution in [0.5, 0.6) is 0 Å². The second-order valence-electron chi connectivity index (χ2n) is 5.36. The van der Waals surface area contributed by atoms with Gasteiger partial charge in [-0.2, -0.15) is 10.2 Å². The van der Waals surface area contributed by atoms with E-state index < -0.39 is 0 Å². The molecule has 0 spiro atoms. The van der Waals surface area contributed by atoms with Gasteiger partial charge in [0.15, 0.2) is 0 Å². The Morgan fingerprint density at radius 3 is 2.68 bits per heavy atom. The Bertz CT molecular complexity index is 674. The molecule has 0 bridgehead atoms. The van der Waals surface area contributed by atoms with Crippen LogP contribution in [0.25, 0.3) is 0 Å². The summed E-state index contributed by atoms with van der Waals surface area (Å²) in [6.45, 7) is 6.96. The second kappa shape index (κ2) is 6.96. The molecule has 1 N–H and O–H groups in total. The first-order valence-corrected chi connectivity index (χ1v) is 7.82. The quantitative estimate of drug-likeness (QED) is 0.887. The zero-order valence-electron chi connectivity index (χ0n) is 13.5. The van der Waals surface area contributed by atoms with Crippen molar-refractivity contribution in [3.8, 4) is 0 Å². The largest absolute Gasteiger partial charge is 0.349 e. The first kappa shape index (κ1) is 16.5.